The van der Waals surface area contributed by atoms with Crippen LogP contribution in [0.15, 0.2) is 12.1 Å². The van der Waals surface area contributed by atoms with E-state index in [-0.39, 0.29) is 17.3 Å². The van der Waals surface area contributed by atoms with Gasteiger partial charge in [0.25, 0.3) is 5.91 Å². The molecule has 0 spiro atoms. The number of benzene rings is 1. The van der Waals surface area contributed by atoms with Gasteiger partial charge in [-0.25, -0.2) is 8.78 Å². The molecule has 0 bridgehead atoms. The van der Waals surface area contributed by atoms with Crippen LogP contribution >= 0.6 is 0 Å². The second kappa shape index (κ2) is 6.39. The lowest BCUT2D eigenvalue weighted by Crippen LogP contribution is -2.45. The summed E-state index contributed by atoms with van der Waals surface area (Å²) in [6.07, 6.45) is 1.67. The van der Waals surface area contributed by atoms with Gasteiger partial charge in [-0.1, -0.05) is 6.92 Å². The first-order valence-corrected chi connectivity index (χ1v) is 7.18. The Morgan fingerprint density at radius 1 is 1.38 bits per heavy atom. The Balaban J connectivity index is 2.13. The lowest BCUT2D eigenvalue weighted by molar-refractivity contribution is 0.0642. The number of piperidine rings is 1. The number of nitrogens with zero attached hydrogens (tertiary/aromatic N) is 2. The zero-order valence-corrected chi connectivity index (χ0v) is 12.4. The van der Waals surface area contributed by atoms with Gasteiger partial charge in [-0.2, -0.15) is 0 Å². The van der Waals surface area contributed by atoms with Gasteiger partial charge in [0.05, 0.1) is 11.3 Å². The van der Waals surface area contributed by atoms with Crippen LogP contribution in [-0.4, -0.2) is 48.4 Å². The second-order valence-electron chi connectivity index (χ2n) is 5.44. The van der Waals surface area contributed by atoms with E-state index in [0.717, 1.165) is 44.6 Å². The lowest BCUT2D eigenvalue weighted by atomic mass is 10.0. The molecule has 1 fully saturated rings. The largest absolute Gasteiger partial charge is 0.396 e. The second-order valence-corrected chi connectivity index (χ2v) is 5.44. The van der Waals surface area contributed by atoms with Gasteiger partial charge in [0.15, 0.2) is 5.82 Å². The fraction of sp³-hybridized carbons (Fsp3) is 0.533. The van der Waals surface area contributed by atoms with Gasteiger partial charge in [-0.3, -0.25) is 4.79 Å². The Kier molecular flexibility index (Phi) is 4.77. The topological polar surface area (TPSA) is 49.6 Å². The number of anilines is 1. The van der Waals surface area contributed by atoms with Crippen LogP contribution in [0.5, 0.6) is 0 Å². The molecule has 0 saturated carbocycles. The number of likely N-dealkylation sites (tertiary alicyclic amines) is 1. The normalized spacial score (nSPS) is 17.0. The molecule has 116 valence electrons. The molecule has 21 heavy (non-hydrogen) atoms. The Bertz CT molecular complexity index is 528. The number of carbonyl (C=O) groups is 1. The predicted molar refractivity (Wildman–Crippen MR) is 78.0 cm³/mol. The van der Waals surface area contributed by atoms with Crippen LogP contribution in [0, 0.1) is 11.6 Å². The van der Waals surface area contributed by atoms with Crippen molar-refractivity contribution in [3.63, 3.8) is 0 Å². The summed E-state index contributed by atoms with van der Waals surface area (Å²) in [7, 11) is 1.63. The van der Waals surface area contributed by atoms with E-state index in [0.29, 0.717) is 0 Å². The van der Waals surface area contributed by atoms with E-state index < -0.39 is 17.5 Å². The average molecular weight is 297 g/mol. The van der Waals surface area contributed by atoms with Gasteiger partial charge in [-0.15, -0.1) is 0 Å². The van der Waals surface area contributed by atoms with Crippen LogP contribution in [0.25, 0.3) is 0 Å². The molecular weight excluding hydrogens is 276 g/mol. The van der Waals surface area contributed by atoms with Crippen molar-refractivity contribution in [1.82, 2.24) is 9.80 Å². The number of rotatable bonds is 3. The number of hydrogen-bond donors (Lipinski definition) is 1. The van der Waals surface area contributed by atoms with Crippen LogP contribution in [0.2, 0.25) is 0 Å². The minimum atomic E-state index is -0.848. The summed E-state index contributed by atoms with van der Waals surface area (Å²) in [4.78, 5) is 16.2. The van der Waals surface area contributed by atoms with E-state index in [1.807, 2.05) is 0 Å². The molecule has 0 unspecified atom stereocenters. The molecule has 0 atom stereocenters. The highest BCUT2D eigenvalue weighted by Gasteiger charge is 2.27. The van der Waals surface area contributed by atoms with Gasteiger partial charge in [0.2, 0.25) is 0 Å². The van der Waals surface area contributed by atoms with Crippen molar-refractivity contribution in [3.8, 4) is 0 Å². The van der Waals surface area contributed by atoms with Gasteiger partial charge >= 0.3 is 0 Å². The van der Waals surface area contributed by atoms with Crippen LogP contribution in [0.4, 0.5) is 14.5 Å². The SMILES string of the molecule is CCN1CCC(N(C)C(=O)c2cc(F)cc(N)c2F)CC1. The summed E-state index contributed by atoms with van der Waals surface area (Å²) in [6, 6.07) is 1.83. The molecule has 1 heterocycles. The van der Waals surface area contributed by atoms with Crippen molar-refractivity contribution in [3.05, 3.63) is 29.3 Å². The summed E-state index contributed by atoms with van der Waals surface area (Å²) in [5.41, 5.74) is 4.74. The minimum Gasteiger partial charge on any atom is -0.396 e. The number of nitrogen functional groups attached to an aromatic ring is 1. The molecule has 4 nitrogen and oxygen atoms in total. The lowest BCUT2D eigenvalue weighted by Gasteiger charge is -2.36. The van der Waals surface area contributed by atoms with Crippen LogP contribution in [0.3, 0.4) is 0 Å². The molecule has 1 aromatic rings. The molecule has 1 aromatic carbocycles. The summed E-state index contributed by atoms with van der Waals surface area (Å²) in [5, 5.41) is 0. The fourth-order valence-corrected chi connectivity index (χ4v) is 2.74. The summed E-state index contributed by atoms with van der Waals surface area (Å²) < 4.78 is 27.3. The van der Waals surface area contributed by atoms with Crippen molar-refractivity contribution in [2.24, 2.45) is 0 Å². The third-order valence-electron chi connectivity index (χ3n) is 4.17. The molecule has 0 aliphatic carbocycles. The number of amides is 1. The van der Waals surface area contributed by atoms with Crippen LogP contribution in [0.1, 0.15) is 30.1 Å². The van der Waals surface area contributed by atoms with E-state index in [9.17, 15) is 13.6 Å². The maximum Gasteiger partial charge on any atom is 0.257 e. The molecule has 0 radical (unpaired) electrons. The maximum absolute atomic E-state index is 13.9. The molecule has 1 saturated heterocycles. The minimum absolute atomic E-state index is 0.0455. The van der Waals surface area contributed by atoms with Gasteiger partial charge in [0.1, 0.15) is 5.82 Å². The molecule has 1 aliphatic heterocycles. The first-order chi connectivity index (χ1) is 9.93. The third kappa shape index (κ3) is 3.32. The van der Waals surface area contributed by atoms with E-state index in [1.54, 1.807) is 7.05 Å². The molecule has 2 N–H and O–H groups in total. The van der Waals surface area contributed by atoms with Crippen molar-refractivity contribution >= 4 is 11.6 Å². The molecular formula is C15H21F2N3O. The molecule has 1 aliphatic rings. The highest BCUT2D eigenvalue weighted by atomic mass is 19.1. The zero-order chi connectivity index (χ0) is 15.6. The quantitative estimate of drug-likeness (QED) is 0.869. The summed E-state index contributed by atoms with van der Waals surface area (Å²) in [6.45, 7) is 4.90. The number of nitrogens with two attached hydrogens (primary N) is 1. The Morgan fingerprint density at radius 3 is 2.57 bits per heavy atom. The number of hydrogen-bond acceptors (Lipinski definition) is 3. The first-order valence-electron chi connectivity index (χ1n) is 7.18. The van der Waals surface area contributed by atoms with E-state index in [4.69, 9.17) is 5.73 Å². The molecule has 2 rings (SSSR count). The number of carbonyl (C=O) groups excluding carboxylic acids is 1. The molecule has 6 heteroatoms. The number of halogens is 2. The Hall–Kier alpha value is -1.69. The van der Waals surface area contributed by atoms with Crippen molar-refractivity contribution in [2.75, 3.05) is 32.4 Å². The van der Waals surface area contributed by atoms with Crippen LogP contribution < -0.4 is 5.73 Å². The van der Waals surface area contributed by atoms with E-state index in [2.05, 4.69) is 11.8 Å². The average Bonchev–Trinajstić information content (AvgIpc) is 2.49. The standard InChI is InChI=1S/C15H21F2N3O/c1-3-20-6-4-11(5-7-20)19(2)15(21)12-8-10(16)9-13(18)14(12)17/h8-9,11H,3-7,18H2,1-2H3. The first kappa shape index (κ1) is 15.7. The predicted octanol–water partition coefficient (Wildman–Crippen LogP) is 2.10. The third-order valence-corrected chi connectivity index (χ3v) is 4.17. The molecule has 0 aromatic heterocycles. The van der Waals surface area contributed by atoms with Gasteiger partial charge in [-0.05, 0) is 31.5 Å². The zero-order valence-electron chi connectivity index (χ0n) is 12.4. The Morgan fingerprint density at radius 2 is 2.00 bits per heavy atom. The molecule has 1 amide bonds. The summed E-state index contributed by atoms with van der Waals surface area (Å²) in [5.74, 6) is -2.07. The van der Waals surface area contributed by atoms with Gasteiger partial charge < -0.3 is 15.5 Å². The Labute approximate surface area is 123 Å². The van der Waals surface area contributed by atoms with Crippen molar-refractivity contribution in [1.29, 1.82) is 0 Å². The highest BCUT2D eigenvalue weighted by molar-refractivity contribution is 5.95. The van der Waals surface area contributed by atoms with Crippen molar-refractivity contribution in [2.45, 2.75) is 25.8 Å². The van der Waals surface area contributed by atoms with E-state index in [1.165, 1.54) is 4.90 Å². The van der Waals surface area contributed by atoms with Crippen molar-refractivity contribution < 1.29 is 13.6 Å². The fourth-order valence-electron chi connectivity index (χ4n) is 2.74. The maximum atomic E-state index is 13.9. The smallest absolute Gasteiger partial charge is 0.257 e. The summed E-state index contributed by atoms with van der Waals surface area (Å²) >= 11 is 0. The van der Waals surface area contributed by atoms with E-state index >= 15 is 0 Å². The highest BCUT2D eigenvalue weighted by Crippen LogP contribution is 2.22. The van der Waals surface area contributed by atoms with Gasteiger partial charge in [0, 0.05) is 26.2 Å². The van der Waals surface area contributed by atoms with Crippen LogP contribution in [-0.2, 0) is 0 Å². The monoisotopic (exact) mass is 297 g/mol.